The number of halogens is 1. The molecular formula is C10H16BrNO. The lowest BCUT2D eigenvalue weighted by molar-refractivity contribution is 0.446. The van der Waals surface area contributed by atoms with Crippen molar-refractivity contribution in [1.29, 1.82) is 0 Å². The summed E-state index contributed by atoms with van der Waals surface area (Å²) in [6.07, 6.45) is 2.83. The second kappa shape index (κ2) is 4.82. The zero-order chi connectivity index (χ0) is 9.84. The highest BCUT2D eigenvalue weighted by atomic mass is 79.9. The van der Waals surface area contributed by atoms with Crippen molar-refractivity contribution in [3.05, 3.63) is 22.6 Å². The molecule has 0 bridgehead atoms. The van der Waals surface area contributed by atoms with E-state index in [1.807, 2.05) is 13.1 Å². The van der Waals surface area contributed by atoms with E-state index in [9.17, 15) is 0 Å². The Morgan fingerprint density at radius 2 is 2.23 bits per heavy atom. The predicted octanol–water partition coefficient (Wildman–Crippen LogP) is 3.35. The second-order valence-electron chi connectivity index (χ2n) is 3.62. The van der Waals surface area contributed by atoms with Crippen molar-refractivity contribution in [3.63, 3.8) is 0 Å². The van der Waals surface area contributed by atoms with Crippen LogP contribution in [0.15, 0.2) is 21.4 Å². The van der Waals surface area contributed by atoms with Crippen molar-refractivity contribution in [2.75, 3.05) is 7.05 Å². The zero-order valence-electron chi connectivity index (χ0n) is 8.30. The molecule has 0 amide bonds. The van der Waals surface area contributed by atoms with Crippen LogP contribution in [0.2, 0.25) is 0 Å². The Balaban J connectivity index is 2.72. The van der Waals surface area contributed by atoms with Gasteiger partial charge in [0.25, 0.3) is 0 Å². The van der Waals surface area contributed by atoms with E-state index in [1.54, 1.807) is 6.26 Å². The molecule has 1 aromatic heterocycles. The molecule has 1 unspecified atom stereocenters. The minimum Gasteiger partial charge on any atom is -0.457 e. The highest BCUT2D eigenvalue weighted by Crippen LogP contribution is 2.28. The first-order chi connectivity index (χ1) is 6.15. The molecule has 0 aliphatic carbocycles. The molecule has 0 fully saturated rings. The number of rotatable bonds is 4. The lowest BCUT2D eigenvalue weighted by Gasteiger charge is -2.17. The van der Waals surface area contributed by atoms with Gasteiger partial charge in [-0.3, -0.25) is 0 Å². The number of hydrogen-bond donors (Lipinski definition) is 1. The van der Waals surface area contributed by atoms with Gasteiger partial charge in [-0.1, -0.05) is 13.8 Å². The largest absolute Gasteiger partial charge is 0.457 e. The maximum absolute atomic E-state index is 5.21. The number of furan rings is 1. The molecule has 0 saturated carbocycles. The molecule has 13 heavy (non-hydrogen) atoms. The predicted molar refractivity (Wildman–Crippen MR) is 57.7 cm³/mol. The molecule has 0 aliphatic rings. The van der Waals surface area contributed by atoms with Crippen LogP contribution in [-0.4, -0.2) is 7.05 Å². The molecule has 1 heterocycles. The van der Waals surface area contributed by atoms with Crippen molar-refractivity contribution in [2.24, 2.45) is 5.92 Å². The molecule has 0 aromatic carbocycles. The smallest absolute Gasteiger partial charge is 0.173 e. The van der Waals surface area contributed by atoms with Crippen LogP contribution in [0, 0.1) is 5.92 Å². The van der Waals surface area contributed by atoms with Gasteiger partial charge in [0, 0.05) is 11.6 Å². The fourth-order valence-electron chi connectivity index (χ4n) is 1.43. The molecule has 1 aromatic rings. The van der Waals surface area contributed by atoms with Gasteiger partial charge in [-0.2, -0.15) is 0 Å². The van der Waals surface area contributed by atoms with Crippen molar-refractivity contribution in [2.45, 2.75) is 26.3 Å². The molecule has 1 N–H and O–H groups in total. The summed E-state index contributed by atoms with van der Waals surface area (Å²) in [4.78, 5) is 0. The number of hydrogen-bond acceptors (Lipinski definition) is 2. The van der Waals surface area contributed by atoms with Crippen LogP contribution in [0.25, 0.3) is 0 Å². The highest BCUT2D eigenvalue weighted by Gasteiger charge is 2.15. The summed E-state index contributed by atoms with van der Waals surface area (Å²) in [5.41, 5.74) is 1.20. The molecule has 1 rings (SSSR count). The molecule has 0 aliphatic heterocycles. The Bertz CT molecular complexity index is 257. The molecule has 0 saturated heterocycles. The highest BCUT2D eigenvalue weighted by molar-refractivity contribution is 9.10. The average molecular weight is 246 g/mol. The van der Waals surface area contributed by atoms with E-state index in [0.717, 1.165) is 11.1 Å². The Morgan fingerprint density at radius 1 is 1.54 bits per heavy atom. The summed E-state index contributed by atoms with van der Waals surface area (Å²) in [5.74, 6) is 0.680. The standard InChI is InChI=1S/C10H16BrNO/c1-7(2)6-9(12-3)8-4-5-13-10(8)11/h4-5,7,9,12H,6H2,1-3H3. The summed E-state index contributed by atoms with van der Waals surface area (Å²) in [5, 5.41) is 3.29. The lowest BCUT2D eigenvalue weighted by Crippen LogP contribution is -2.18. The first kappa shape index (κ1) is 10.8. The SMILES string of the molecule is CNC(CC(C)C)c1ccoc1Br. The molecule has 3 heteroatoms. The van der Waals surface area contributed by atoms with E-state index in [0.29, 0.717) is 12.0 Å². The maximum atomic E-state index is 5.21. The van der Waals surface area contributed by atoms with E-state index >= 15 is 0 Å². The maximum Gasteiger partial charge on any atom is 0.173 e. The molecule has 2 nitrogen and oxygen atoms in total. The van der Waals surface area contributed by atoms with Crippen molar-refractivity contribution in [3.8, 4) is 0 Å². The Labute approximate surface area is 87.8 Å². The lowest BCUT2D eigenvalue weighted by atomic mass is 9.99. The third kappa shape index (κ3) is 2.85. The second-order valence-corrected chi connectivity index (χ2v) is 4.34. The first-order valence-electron chi connectivity index (χ1n) is 4.55. The van der Waals surface area contributed by atoms with Crippen LogP contribution in [0.3, 0.4) is 0 Å². The molecule has 74 valence electrons. The van der Waals surface area contributed by atoms with Crippen LogP contribution >= 0.6 is 15.9 Å². The molecular weight excluding hydrogens is 230 g/mol. The van der Waals surface area contributed by atoms with Gasteiger partial charge >= 0.3 is 0 Å². The quantitative estimate of drug-likeness (QED) is 0.881. The average Bonchev–Trinajstić information content (AvgIpc) is 2.47. The third-order valence-electron chi connectivity index (χ3n) is 2.08. The van der Waals surface area contributed by atoms with Gasteiger partial charge in [0.1, 0.15) is 0 Å². The van der Waals surface area contributed by atoms with Crippen LogP contribution in [-0.2, 0) is 0 Å². The van der Waals surface area contributed by atoms with Crippen LogP contribution in [0.5, 0.6) is 0 Å². The van der Waals surface area contributed by atoms with E-state index in [-0.39, 0.29) is 0 Å². The van der Waals surface area contributed by atoms with Gasteiger partial charge in [0.05, 0.1) is 6.26 Å². The van der Waals surface area contributed by atoms with Gasteiger partial charge in [-0.15, -0.1) is 0 Å². The summed E-state index contributed by atoms with van der Waals surface area (Å²) in [6, 6.07) is 2.39. The Kier molecular flexibility index (Phi) is 4.00. The summed E-state index contributed by atoms with van der Waals surface area (Å²) in [6.45, 7) is 4.44. The van der Waals surface area contributed by atoms with Crippen molar-refractivity contribution < 1.29 is 4.42 Å². The minimum atomic E-state index is 0.383. The van der Waals surface area contributed by atoms with Gasteiger partial charge in [-0.25, -0.2) is 0 Å². The number of nitrogens with one attached hydrogen (secondary N) is 1. The van der Waals surface area contributed by atoms with Gasteiger partial charge in [0.2, 0.25) is 0 Å². The Hall–Kier alpha value is -0.280. The third-order valence-corrected chi connectivity index (χ3v) is 2.72. The van der Waals surface area contributed by atoms with Crippen LogP contribution in [0.1, 0.15) is 31.9 Å². The normalized spacial score (nSPS) is 13.6. The van der Waals surface area contributed by atoms with Crippen molar-refractivity contribution >= 4 is 15.9 Å². The first-order valence-corrected chi connectivity index (χ1v) is 5.34. The van der Waals surface area contributed by atoms with Gasteiger partial charge < -0.3 is 9.73 Å². The van der Waals surface area contributed by atoms with E-state index in [4.69, 9.17) is 4.42 Å². The summed E-state index contributed by atoms with van der Waals surface area (Å²) >= 11 is 3.39. The zero-order valence-corrected chi connectivity index (χ0v) is 9.89. The molecule has 0 radical (unpaired) electrons. The van der Waals surface area contributed by atoms with E-state index in [1.165, 1.54) is 5.56 Å². The van der Waals surface area contributed by atoms with Gasteiger partial charge in [-0.05, 0) is 41.4 Å². The van der Waals surface area contributed by atoms with Gasteiger partial charge in [0.15, 0.2) is 4.67 Å². The topological polar surface area (TPSA) is 25.2 Å². The summed E-state index contributed by atoms with van der Waals surface area (Å²) < 4.78 is 6.05. The van der Waals surface area contributed by atoms with Crippen LogP contribution < -0.4 is 5.32 Å². The van der Waals surface area contributed by atoms with E-state index < -0.39 is 0 Å². The fourth-order valence-corrected chi connectivity index (χ4v) is 1.94. The molecule has 0 spiro atoms. The summed E-state index contributed by atoms with van der Waals surface area (Å²) in [7, 11) is 1.98. The van der Waals surface area contributed by atoms with Crippen LogP contribution in [0.4, 0.5) is 0 Å². The minimum absolute atomic E-state index is 0.383. The monoisotopic (exact) mass is 245 g/mol. The fraction of sp³-hybridized carbons (Fsp3) is 0.600. The molecule has 1 atom stereocenters. The van der Waals surface area contributed by atoms with E-state index in [2.05, 4.69) is 35.1 Å². The van der Waals surface area contributed by atoms with Crippen molar-refractivity contribution in [1.82, 2.24) is 5.32 Å². The Morgan fingerprint density at radius 3 is 2.62 bits per heavy atom.